The number of hydrogen-bond acceptors (Lipinski definition) is 1. The lowest BCUT2D eigenvalue weighted by molar-refractivity contribution is -0.119. The van der Waals surface area contributed by atoms with Crippen molar-refractivity contribution < 1.29 is 4.79 Å². The largest absolute Gasteiger partial charge is 0.353 e. The summed E-state index contributed by atoms with van der Waals surface area (Å²) in [6.07, 6.45) is 3.06. The van der Waals surface area contributed by atoms with Crippen LogP contribution in [0.25, 0.3) is 0 Å². The third kappa shape index (κ3) is 2.59. The zero-order chi connectivity index (χ0) is 10.8. The summed E-state index contributed by atoms with van der Waals surface area (Å²) in [5.74, 6) is 0.0700. The maximum Gasteiger partial charge on any atom is 0.217 e. The lowest BCUT2D eigenvalue weighted by Gasteiger charge is -2.25. The molecule has 1 aliphatic carbocycles. The first-order chi connectivity index (χ1) is 7.15. The number of nitrogens with one attached hydrogen (secondary N) is 1. The molecule has 0 heterocycles. The van der Waals surface area contributed by atoms with Crippen molar-refractivity contribution in [2.45, 2.75) is 32.2 Å². The van der Waals surface area contributed by atoms with E-state index in [1.807, 2.05) is 0 Å². The second-order valence-electron chi connectivity index (χ2n) is 4.05. The van der Waals surface area contributed by atoms with Crippen LogP contribution in [0.15, 0.2) is 22.7 Å². The van der Waals surface area contributed by atoms with Crippen LogP contribution in [0.2, 0.25) is 0 Å². The summed E-state index contributed by atoms with van der Waals surface area (Å²) in [4.78, 5) is 11.0. The van der Waals surface area contributed by atoms with Gasteiger partial charge in [-0.2, -0.15) is 0 Å². The van der Waals surface area contributed by atoms with Gasteiger partial charge in [-0.3, -0.25) is 4.79 Å². The van der Waals surface area contributed by atoms with Crippen LogP contribution in [-0.4, -0.2) is 11.9 Å². The zero-order valence-electron chi connectivity index (χ0n) is 8.72. The molecule has 0 aliphatic heterocycles. The lowest BCUT2D eigenvalue weighted by atomic mass is 9.88. The molecule has 1 aromatic rings. The van der Waals surface area contributed by atoms with E-state index in [-0.39, 0.29) is 5.91 Å². The predicted octanol–water partition coefficient (Wildman–Crippen LogP) is 2.44. The fraction of sp³-hybridized carbons (Fsp3) is 0.417. The average molecular weight is 268 g/mol. The molecule has 0 bridgehead atoms. The minimum Gasteiger partial charge on any atom is -0.353 e. The number of benzene rings is 1. The predicted molar refractivity (Wildman–Crippen MR) is 63.8 cm³/mol. The van der Waals surface area contributed by atoms with E-state index in [1.54, 1.807) is 6.92 Å². The van der Waals surface area contributed by atoms with Gasteiger partial charge >= 0.3 is 0 Å². The van der Waals surface area contributed by atoms with Crippen LogP contribution in [0.1, 0.15) is 24.5 Å². The summed E-state index contributed by atoms with van der Waals surface area (Å²) in [6, 6.07) is 6.71. The fourth-order valence-corrected chi connectivity index (χ4v) is 2.54. The highest BCUT2D eigenvalue weighted by Gasteiger charge is 2.18. The van der Waals surface area contributed by atoms with Gasteiger partial charge in [-0.15, -0.1) is 0 Å². The highest BCUT2D eigenvalue weighted by molar-refractivity contribution is 9.10. The van der Waals surface area contributed by atoms with Crippen LogP contribution in [-0.2, 0) is 17.6 Å². The number of halogens is 1. The Labute approximate surface area is 98.2 Å². The first-order valence-electron chi connectivity index (χ1n) is 5.19. The molecule has 0 saturated carbocycles. The number of amides is 1. The van der Waals surface area contributed by atoms with E-state index in [1.165, 1.54) is 11.1 Å². The van der Waals surface area contributed by atoms with Crippen LogP contribution < -0.4 is 5.32 Å². The van der Waals surface area contributed by atoms with Crippen LogP contribution in [0, 0.1) is 0 Å². The van der Waals surface area contributed by atoms with Crippen molar-refractivity contribution in [2.24, 2.45) is 0 Å². The Morgan fingerprint density at radius 1 is 1.47 bits per heavy atom. The SMILES string of the molecule is CC(=O)N[C@H]1CCc2cc(Br)ccc2C1. The van der Waals surface area contributed by atoms with Gasteiger partial charge in [0.1, 0.15) is 0 Å². The molecule has 1 amide bonds. The fourth-order valence-electron chi connectivity index (χ4n) is 2.13. The van der Waals surface area contributed by atoms with Crippen molar-refractivity contribution in [3.63, 3.8) is 0 Å². The number of hydrogen-bond donors (Lipinski definition) is 1. The molecular formula is C12H14BrNO. The standard InChI is InChI=1S/C12H14BrNO/c1-8(15)14-12-5-3-9-6-11(13)4-2-10(9)7-12/h2,4,6,12H,3,5,7H2,1H3,(H,14,15)/t12-/m0/s1. The van der Waals surface area contributed by atoms with Gasteiger partial charge in [-0.05, 0) is 42.5 Å². The normalized spacial score (nSPS) is 19.5. The van der Waals surface area contributed by atoms with Crippen molar-refractivity contribution in [1.29, 1.82) is 0 Å². The summed E-state index contributed by atoms with van der Waals surface area (Å²) in [5, 5.41) is 2.99. The van der Waals surface area contributed by atoms with E-state index >= 15 is 0 Å². The Hall–Kier alpha value is -0.830. The molecule has 2 rings (SSSR count). The first-order valence-corrected chi connectivity index (χ1v) is 5.99. The second kappa shape index (κ2) is 4.35. The maximum atomic E-state index is 11.0. The number of carbonyl (C=O) groups is 1. The number of aryl methyl sites for hydroxylation is 1. The Kier molecular flexibility index (Phi) is 3.10. The Balaban J connectivity index is 2.13. The highest BCUT2D eigenvalue weighted by Crippen LogP contribution is 2.24. The van der Waals surface area contributed by atoms with E-state index in [4.69, 9.17) is 0 Å². The topological polar surface area (TPSA) is 29.1 Å². The minimum absolute atomic E-state index is 0.0700. The molecule has 15 heavy (non-hydrogen) atoms. The molecule has 1 N–H and O–H groups in total. The summed E-state index contributed by atoms with van der Waals surface area (Å²) in [6.45, 7) is 1.58. The maximum absolute atomic E-state index is 11.0. The summed E-state index contributed by atoms with van der Waals surface area (Å²) < 4.78 is 1.14. The van der Waals surface area contributed by atoms with Crippen molar-refractivity contribution in [1.82, 2.24) is 5.32 Å². The Morgan fingerprint density at radius 2 is 2.27 bits per heavy atom. The Bertz CT molecular complexity index is 389. The third-order valence-electron chi connectivity index (χ3n) is 2.80. The third-order valence-corrected chi connectivity index (χ3v) is 3.30. The number of fused-ring (bicyclic) bond motifs is 1. The van der Waals surface area contributed by atoms with E-state index in [0.717, 1.165) is 23.7 Å². The average Bonchev–Trinajstić information content (AvgIpc) is 2.17. The van der Waals surface area contributed by atoms with Crippen LogP contribution >= 0.6 is 15.9 Å². The van der Waals surface area contributed by atoms with Gasteiger partial charge in [0.25, 0.3) is 0 Å². The molecular weight excluding hydrogens is 254 g/mol. The van der Waals surface area contributed by atoms with Gasteiger partial charge in [-0.25, -0.2) is 0 Å². The van der Waals surface area contributed by atoms with Crippen molar-refractivity contribution in [2.75, 3.05) is 0 Å². The molecule has 1 aromatic carbocycles. The molecule has 0 radical (unpaired) electrons. The van der Waals surface area contributed by atoms with Gasteiger partial charge in [0.15, 0.2) is 0 Å². The molecule has 1 aliphatic rings. The lowest BCUT2D eigenvalue weighted by Crippen LogP contribution is -2.37. The smallest absolute Gasteiger partial charge is 0.217 e. The Morgan fingerprint density at radius 3 is 3.00 bits per heavy atom. The highest BCUT2D eigenvalue weighted by atomic mass is 79.9. The summed E-state index contributed by atoms with van der Waals surface area (Å²) in [7, 11) is 0. The zero-order valence-corrected chi connectivity index (χ0v) is 10.3. The monoisotopic (exact) mass is 267 g/mol. The summed E-state index contributed by atoms with van der Waals surface area (Å²) in [5.41, 5.74) is 2.77. The summed E-state index contributed by atoms with van der Waals surface area (Å²) >= 11 is 3.48. The van der Waals surface area contributed by atoms with Crippen LogP contribution in [0.4, 0.5) is 0 Å². The number of rotatable bonds is 1. The minimum atomic E-state index is 0.0700. The van der Waals surface area contributed by atoms with Gasteiger partial charge < -0.3 is 5.32 Å². The van der Waals surface area contributed by atoms with Gasteiger partial charge in [-0.1, -0.05) is 22.0 Å². The molecule has 1 atom stereocenters. The van der Waals surface area contributed by atoms with Gasteiger partial charge in [0, 0.05) is 17.4 Å². The molecule has 0 saturated heterocycles. The van der Waals surface area contributed by atoms with Crippen molar-refractivity contribution in [3.05, 3.63) is 33.8 Å². The molecule has 2 nitrogen and oxygen atoms in total. The van der Waals surface area contributed by atoms with E-state index < -0.39 is 0 Å². The van der Waals surface area contributed by atoms with E-state index in [2.05, 4.69) is 39.4 Å². The molecule has 0 aromatic heterocycles. The van der Waals surface area contributed by atoms with Crippen LogP contribution in [0.3, 0.4) is 0 Å². The molecule has 0 unspecified atom stereocenters. The van der Waals surface area contributed by atoms with E-state index in [9.17, 15) is 4.79 Å². The molecule has 0 spiro atoms. The van der Waals surface area contributed by atoms with Crippen molar-refractivity contribution in [3.8, 4) is 0 Å². The first kappa shape index (κ1) is 10.7. The van der Waals surface area contributed by atoms with Crippen LogP contribution in [0.5, 0.6) is 0 Å². The van der Waals surface area contributed by atoms with Crippen molar-refractivity contribution >= 4 is 21.8 Å². The second-order valence-corrected chi connectivity index (χ2v) is 4.97. The molecule has 0 fully saturated rings. The van der Waals surface area contributed by atoms with Gasteiger partial charge in [0.05, 0.1) is 0 Å². The molecule has 3 heteroatoms. The quantitative estimate of drug-likeness (QED) is 0.832. The number of carbonyl (C=O) groups excluding carboxylic acids is 1. The van der Waals surface area contributed by atoms with Gasteiger partial charge in [0.2, 0.25) is 5.91 Å². The van der Waals surface area contributed by atoms with E-state index in [0.29, 0.717) is 6.04 Å². The molecule has 80 valence electrons.